The quantitative estimate of drug-likeness (QED) is 0.454. The van der Waals surface area contributed by atoms with Crippen molar-refractivity contribution in [3.8, 4) is 0 Å². The third kappa shape index (κ3) is 2.76. The van der Waals surface area contributed by atoms with Crippen LogP contribution in [0.25, 0.3) is 0 Å². The molecule has 0 aromatic heterocycles. The number of hydrogen-bond donors (Lipinski definition) is 0. The smallest absolute Gasteiger partial charge is 0.101 e. The number of benzene rings is 1. The van der Waals surface area contributed by atoms with Crippen molar-refractivity contribution in [1.29, 1.82) is 0 Å². The fourth-order valence-electron chi connectivity index (χ4n) is 0.961. The van der Waals surface area contributed by atoms with E-state index in [1.54, 1.807) is 0 Å². The van der Waals surface area contributed by atoms with Crippen molar-refractivity contribution in [1.82, 2.24) is 0 Å². The summed E-state index contributed by atoms with van der Waals surface area (Å²) in [5.41, 5.74) is 1.01. The van der Waals surface area contributed by atoms with Crippen LogP contribution in [0.15, 0.2) is 30.3 Å². The first-order chi connectivity index (χ1) is 6.08. The summed E-state index contributed by atoms with van der Waals surface area (Å²) in [5.74, 6) is 0. The van der Waals surface area contributed by atoms with E-state index in [9.17, 15) is 0 Å². The van der Waals surface area contributed by atoms with Crippen molar-refractivity contribution in [2.75, 3.05) is 0 Å². The minimum atomic E-state index is -0.580. The molecule has 0 nitrogen and oxygen atoms in total. The van der Waals surface area contributed by atoms with Gasteiger partial charge in [0.25, 0.3) is 0 Å². The minimum absolute atomic E-state index is 0.580. The molecule has 70 valence electrons. The third-order valence-corrected chi connectivity index (χ3v) is 4.18. The van der Waals surface area contributed by atoms with Crippen molar-refractivity contribution in [2.45, 2.75) is 17.1 Å². The molecule has 0 aliphatic heterocycles. The molecule has 0 heterocycles. The number of hydrogen-bond acceptors (Lipinski definition) is 1. The Hall–Kier alpha value is 0.0800. The topological polar surface area (TPSA) is 0 Å². The standard InChI is InChI=1S/C10H10BrClS/c1-2-10(11,12)9(13)8-6-4-3-5-7-8/h3-7H,2H2,1H3. The van der Waals surface area contributed by atoms with E-state index in [2.05, 4.69) is 15.9 Å². The molecular formula is C10H10BrClS. The Kier molecular flexibility index (Phi) is 3.89. The molecule has 1 aromatic rings. The summed E-state index contributed by atoms with van der Waals surface area (Å²) in [6, 6.07) is 9.81. The van der Waals surface area contributed by atoms with Crippen LogP contribution in [0.1, 0.15) is 18.9 Å². The Morgan fingerprint density at radius 1 is 1.46 bits per heavy atom. The van der Waals surface area contributed by atoms with Gasteiger partial charge < -0.3 is 0 Å². The van der Waals surface area contributed by atoms with Gasteiger partial charge in [-0.1, -0.05) is 65.4 Å². The molecule has 0 spiro atoms. The van der Waals surface area contributed by atoms with E-state index >= 15 is 0 Å². The Bertz CT molecular complexity index is 295. The fraction of sp³-hybridized carbons (Fsp3) is 0.300. The maximum absolute atomic E-state index is 6.18. The molecule has 1 aromatic carbocycles. The van der Waals surface area contributed by atoms with Crippen LogP contribution < -0.4 is 0 Å². The number of alkyl halides is 2. The maximum atomic E-state index is 6.18. The SMILES string of the molecule is CCC(Cl)(Br)C(=S)c1ccccc1. The first kappa shape index (κ1) is 11.2. The average Bonchev–Trinajstić information content (AvgIpc) is 2.18. The molecule has 0 N–H and O–H groups in total. The van der Waals surface area contributed by atoms with E-state index in [1.165, 1.54) is 0 Å². The molecule has 0 aliphatic carbocycles. The lowest BCUT2D eigenvalue weighted by molar-refractivity contribution is 0.972. The van der Waals surface area contributed by atoms with Crippen molar-refractivity contribution in [2.24, 2.45) is 0 Å². The zero-order valence-electron chi connectivity index (χ0n) is 7.26. The van der Waals surface area contributed by atoms with E-state index in [4.69, 9.17) is 23.8 Å². The lowest BCUT2D eigenvalue weighted by atomic mass is 10.1. The summed E-state index contributed by atoms with van der Waals surface area (Å²) in [6.07, 6.45) is 0.766. The minimum Gasteiger partial charge on any atom is -0.101 e. The first-order valence-corrected chi connectivity index (χ1v) is 5.63. The van der Waals surface area contributed by atoms with Gasteiger partial charge in [-0.05, 0) is 12.0 Å². The van der Waals surface area contributed by atoms with Crippen molar-refractivity contribution >= 4 is 44.6 Å². The Balaban J connectivity index is 2.93. The summed E-state index contributed by atoms with van der Waals surface area (Å²) in [7, 11) is 0. The predicted octanol–water partition coefficient (Wildman–Crippen LogP) is 4.14. The van der Waals surface area contributed by atoms with Crippen LogP contribution in [0.2, 0.25) is 0 Å². The number of rotatable bonds is 3. The van der Waals surface area contributed by atoms with E-state index in [-0.39, 0.29) is 0 Å². The molecule has 0 fully saturated rings. The van der Waals surface area contributed by atoms with E-state index in [0.717, 1.165) is 16.8 Å². The molecule has 1 rings (SSSR count). The van der Waals surface area contributed by atoms with Crippen LogP contribution in [0.3, 0.4) is 0 Å². The molecule has 0 saturated heterocycles. The average molecular weight is 278 g/mol. The highest BCUT2D eigenvalue weighted by atomic mass is 79.9. The molecule has 3 heteroatoms. The molecule has 0 bridgehead atoms. The van der Waals surface area contributed by atoms with E-state index < -0.39 is 3.78 Å². The second-order valence-electron chi connectivity index (χ2n) is 2.75. The lowest BCUT2D eigenvalue weighted by Gasteiger charge is -2.18. The van der Waals surface area contributed by atoms with E-state index in [1.807, 2.05) is 37.3 Å². The molecule has 0 radical (unpaired) electrons. The van der Waals surface area contributed by atoms with Gasteiger partial charge in [-0.15, -0.1) is 11.6 Å². The van der Waals surface area contributed by atoms with Crippen LogP contribution >= 0.6 is 39.7 Å². The van der Waals surface area contributed by atoms with Gasteiger partial charge in [0.15, 0.2) is 0 Å². The highest BCUT2D eigenvalue weighted by Gasteiger charge is 2.27. The summed E-state index contributed by atoms with van der Waals surface area (Å²) >= 11 is 14.9. The van der Waals surface area contributed by atoms with Crippen LogP contribution in [0.4, 0.5) is 0 Å². The predicted molar refractivity (Wildman–Crippen MR) is 65.9 cm³/mol. The summed E-state index contributed by atoms with van der Waals surface area (Å²) in [6.45, 7) is 2.00. The van der Waals surface area contributed by atoms with Crippen LogP contribution in [-0.4, -0.2) is 8.65 Å². The van der Waals surface area contributed by atoms with Crippen molar-refractivity contribution in [3.05, 3.63) is 35.9 Å². The lowest BCUT2D eigenvalue weighted by Crippen LogP contribution is -2.23. The largest absolute Gasteiger partial charge is 0.134 e. The highest BCUT2D eigenvalue weighted by molar-refractivity contribution is 9.10. The monoisotopic (exact) mass is 276 g/mol. The van der Waals surface area contributed by atoms with Gasteiger partial charge in [0.2, 0.25) is 0 Å². The highest BCUT2D eigenvalue weighted by Crippen LogP contribution is 2.32. The second-order valence-corrected chi connectivity index (χ2v) is 5.62. The molecule has 0 saturated carbocycles. The number of thiocarbonyl (C=S) groups is 1. The molecule has 1 unspecified atom stereocenters. The van der Waals surface area contributed by atoms with Gasteiger partial charge in [-0.3, -0.25) is 0 Å². The zero-order chi connectivity index (χ0) is 9.90. The molecule has 0 amide bonds. The van der Waals surface area contributed by atoms with Gasteiger partial charge >= 0.3 is 0 Å². The van der Waals surface area contributed by atoms with Crippen LogP contribution in [-0.2, 0) is 0 Å². The zero-order valence-corrected chi connectivity index (χ0v) is 10.4. The van der Waals surface area contributed by atoms with Crippen LogP contribution in [0, 0.1) is 0 Å². The van der Waals surface area contributed by atoms with E-state index in [0.29, 0.717) is 0 Å². The fourth-order valence-corrected chi connectivity index (χ4v) is 1.58. The summed E-state index contributed by atoms with van der Waals surface area (Å²) in [5, 5.41) is 0. The molecule has 13 heavy (non-hydrogen) atoms. The maximum Gasteiger partial charge on any atom is 0.134 e. The molecule has 1 atom stereocenters. The first-order valence-electron chi connectivity index (χ1n) is 4.05. The van der Waals surface area contributed by atoms with Gasteiger partial charge in [-0.25, -0.2) is 0 Å². The van der Waals surface area contributed by atoms with Gasteiger partial charge in [-0.2, -0.15) is 0 Å². The normalized spacial score (nSPS) is 15.0. The third-order valence-electron chi connectivity index (χ3n) is 1.81. The Morgan fingerprint density at radius 2 is 2.00 bits per heavy atom. The van der Waals surface area contributed by atoms with Crippen molar-refractivity contribution < 1.29 is 0 Å². The molecule has 0 aliphatic rings. The summed E-state index contributed by atoms with van der Waals surface area (Å²) < 4.78 is -0.580. The van der Waals surface area contributed by atoms with Gasteiger partial charge in [0.1, 0.15) is 3.78 Å². The van der Waals surface area contributed by atoms with Gasteiger partial charge in [0.05, 0.1) is 4.86 Å². The number of halogens is 2. The summed E-state index contributed by atoms with van der Waals surface area (Å²) in [4.78, 5) is 0.747. The Labute approximate surface area is 97.4 Å². The van der Waals surface area contributed by atoms with Crippen molar-refractivity contribution in [3.63, 3.8) is 0 Å². The van der Waals surface area contributed by atoms with Gasteiger partial charge in [0, 0.05) is 0 Å². The molecular weight excluding hydrogens is 268 g/mol. The Morgan fingerprint density at radius 3 is 2.46 bits per heavy atom. The second kappa shape index (κ2) is 4.54. The van der Waals surface area contributed by atoms with Crippen LogP contribution in [0.5, 0.6) is 0 Å².